The molecule has 0 aromatic heterocycles. The highest BCUT2D eigenvalue weighted by molar-refractivity contribution is 5.61. The smallest absolute Gasteiger partial charge is 0.101 e. The van der Waals surface area contributed by atoms with Crippen LogP contribution >= 0.6 is 0 Å². The van der Waals surface area contributed by atoms with Crippen LogP contribution in [0.2, 0.25) is 0 Å². The Kier molecular flexibility index (Phi) is 3.55. The van der Waals surface area contributed by atoms with Gasteiger partial charge in [-0.2, -0.15) is 5.26 Å². The fourth-order valence-electron chi connectivity index (χ4n) is 2.37. The number of nitrogens with one attached hydrogen (secondary N) is 1. The van der Waals surface area contributed by atoms with Crippen molar-refractivity contribution in [3.05, 3.63) is 29.8 Å². The lowest BCUT2D eigenvalue weighted by molar-refractivity contribution is 0.210. The molecule has 0 aliphatic carbocycles. The van der Waals surface area contributed by atoms with Gasteiger partial charge in [0.1, 0.15) is 6.07 Å². The number of hydrogen-bond acceptors (Lipinski definition) is 4. The summed E-state index contributed by atoms with van der Waals surface area (Å²) in [6, 6.07) is 9.93. The van der Waals surface area contributed by atoms with Gasteiger partial charge in [-0.25, -0.2) is 0 Å². The molecule has 1 saturated heterocycles. The molecule has 0 amide bonds. The second-order valence-electron chi connectivity index (χ2n) is 5.31. The molecule has 0 spiro atoms. The minimum absolute atomic E-state index is 0.0600. The molecule has 1 fully saturated rings. The minimum Gasteiger partial charge on any atom is -0.395 e. The van der Waals surface area contributed by atoms with Crippen molar-refractivity contribution in [2.24, 2.45) is 0 Å². The predicted octanol–water partition coefficient (Wildman–Crippen LogP) is 1.11. The average molecular weight is 245 g/mol. The molecule has 2 rings (SSSR count). The van der Waals surface area contributed by atoms with Crippen LogP contribution in [-0.4, -0.2) is 36.4 Å². The Hall–Kier alpha value is -1.57. The summed E-state index contributed by atoms with van der Waals surface area (Å²) in [7, 11) is 0. The van der Waals surface area contributed by atoms with Crippen molar-refractivity contribution < 1.29 is 5.11 Å². The normalized spacial score (nSPS) is 22.6. The van der Waals surface area contributed by atoms with E-state index in [4.69, 9.17) is 0 Å². The summed E-state index contributed by atoms with van der Waals surface area (Å²) in [5, 5.41) is 21.8. The summed E-state index contributed by atoms with van der Waals surface area (Å²) in [4.78, 5) is 2.21. The predicted molar refractivity (Wildman–Crippen MR) is 71.5 cm³/mol. The van der Waals surface area contributed by atoms with Gasteiger partial charge in [-0.3, -0.25) is 0 Å². The van der Waals surface area contributed by atoms with Gasteiger partial charge in [0.25, 0.3) is 0 Å². The van der Waals surface area contributed by atoms with Crippen LogP contribution in [-0.2, 0) is 0 Å². The molecule has 1 aromatic carbocycles. The third kappa shape index (κ3) is 2.33. The van der Waals surface area contributed by atoms with E-state index in [1.54, 1.807) is 0 Å². The molecule has 2 N–H and O–H groups in total. The molecule has 18 heavy (non-hydrogen) atoms. The maximum atomic E-state index is 9.30. The lowest BCUT2D eigenvalue weighted by atomic mass is 9.95. The average Bonchev–Trinajstić information content (AvgIpc) is 2.38. The number of para-hydroxylation sites is 1. The monoisotopic (exact) mass is 245 g/mol. The highest BCUT2D eigenvalue weighted by Gasteiger charge is 2.34. The Bertz CT molecular complexity index is 464. The SMILES string of the molecule is CC1(C)CNC(CO)CN1c1ccccc1C#N. The molecule has 1 aliphatic rings. The van der Waals surface area contributed by atoms with Crippen LogP contribution in [0.5, 0.6) is 0 Å². The van der Waals surface area contributed by atoms with Gasteiger partial charge < -0.3 is 15.3 Å². The summed E-state index contributed by atoms with van der Waals surface area (Å²) >= 11 is 0. The maximum absolute atomic E-state index is 9.30. The molecule has 1 heterocycles. The Labute approximate surface area is 108 Å². The first-order chi connectivity index (χ1) is 8.58. The zero-order valence-electron chi connectivity index (χ0n) is 10.8. The summed E-state index contributed by atoms with van der Waals surface area (Å²) in [5.41, 5.74) is 1.56. The van der Waals surface area contributed by atoms with Crippen molar-refractivity contribution in [2.45, 2.75) is 25.4 Å². The van der Waals surface area contributed by atoms with Crippen LogP contribution in [0.25, 0.3) is 0 Å². The molecule has 4 heteroatoms. The van der Waals surface area contributed by atoms with Crippen molar-refractivity contribution in [1.82, 2.24) is 5.32 Å². The van der Waals surface area contributed by atoms with Gasteiger partial charge in [0.2, 0.25) is 0 Å². The zero-order chi connectivity index (χ0) is 13.2. The highest BCUT2D eigenvalue weighted by Crippen LogP contribution is 2.29. The van der Waals surface area contributed by atoms with E-state index in [0.717, 1.165) is 12.2 Å². The van der Waals surface area contributed by atoms with Crippen LogP contribution in [0.1, 0.15) is 19.4 Å². The molecule has 0 radical (unpaired) electrons. The second-order valence-corrected chi connectivity index (χ2v) is 5.31. The van der Waals surface area contributed by atoms with Crippen LogP contribution < -0.4 is 10.2 Å². The number of aliphatic hydroxyl groups excluding tert-OH is 1. The second kappa shape index (κ2) is 4.97. The largest absolute Gasteiger partial charge is 0.395 e. The molecule has 96 valence electrons. The molecule has 4 nitrogen and oxygen atoms in total. The summed E-state index contributed by atoms with van der Waals surface area (Å²) < 4.78 is 0. The maximum Gasteiger partial charge on any atom is 0.101 e. The fourth-order valence-corrected chi connectivity index (χ4v) is 2.37. The van der Waals surface area contributed by atoms with E-state index in [1.807, 2.05) is 24.3 Å². The number of rotatable bonds is 2. The fraction of sp³-hybridized carbons (Fsp3) is 0.500. The summed E-state index contributed by atoms with van der Waals surface area (Å²) in [6.45, 7) is 5.89. The van der Waals surface area contributed by atoms with E-state index in [-0.39, 0.29) is 18.2 Å². The van der Waals surface area contributed by atoms with Gasteiger partial charge in [-0.15, -0.1) is 0 Å². The van der Waals surface area contributed by atoms with Gasteiger partial charge in [-0.05, 0) is 26.0 Å². The number of aliphatic hydroxyl groups is 1. The Morgan fingerprint density at radius 1 is 1.50 bits per heavy atom. The lowest BCUT2D eigenvalue weighted by Gasteiger charge is -2.47. The third-order valence-corrected chi connectivity index (χ3v) is 3.49. The number of anilines is 1. The van der Waals surface area contributed by atoms with E-state index in [0.29, 0.717) is 12.1 Å². The Morgan fingerprint density at radius 3 is 2.89 bits per heavy atom. The van der Waals surface area contributed by atoms with E-state index in [2.05, 4.69) is 30.1 Å². The molecular formula is C14H19N3O. The molecule has 1 aromatic rings. The first-order valence-corrected chi connectivity index (χ1v) is 6.19. The van der Waals surface area contributed by atoms with Gasteiger partial charge in [0.05, 0.1) is 17.9 Å². The minimum atomic E-state index is -0.0708. The summed E-state index contributed by atoms with van der Waals surface area (Å²) in [5.74, 6) is 0. The molecule has 0 bridgehead atoms. The van der Waals surface area contributed by atoms with Crippen molar-refractivity contribution in [1.29, 1.82) is 5.26 Å². The number of nitrogens with zero attached hydrogens (tertiary/aromatic N) is 2. The van der Waals surface area contributed by atoms with Crippen LogP contribution in [0.3, 0.4) is 0 Å². The van der Waals surface area contributed by atoms with Crippen molar-refractivity contribution >= 4 is 5.69 Å². The first kappa shape index (κ1) is 12.9. The standard InChI is InChI=1S/C14H19N3O/c1-14(2)10-16-12(9-18)8-17(14)13-6-4-3-5-11(13)7-15/h3-6,12,16,18H,8-10H2,1-2H3. The topological polar surface area (TPSA) is 59.3 Å². The van der Waals surface area contributed by atoms with E-state index >= 15 is 0 Å². The third-order valence-electron chi connectivity index (χ3n) is 3.49. The van der Waals surface area contributed by atoms with Crippen molar-refractivity contribution in [2.75, 3.05) is 24.6 Å². The molecule has 1 atom stereocenters. The Balaban J connectivity index is 2.37. The number of hydrogen-bond donors (Lipinski definition) is 2. The first-order valence-electron chi connectivity index (χ1n) is 6.19. The number of benzene rings is 1. The van der Waals surface area contributed by atoms with Crippen LogP contribution in [0.4, 0.5) is 5.69 Å². The van der Waals surface area contributed by atoms with E-state index in [1.165, 1.54) is 0 Å². The van der Waals surface area contributed by atoms with Gasteiger partial charge in [0, 0.05) is 24.7 Å². The van der Waals surface area contributed by atoms with Crippen LogP contribution in [0.15, 0.2) is 24.3 Å². The highest BCUT2D eigenvalue weighted by atomic mass is 16.3. The lowest BCUT2D eigenvalue weighted by Crippen LogP contribution is -2.63. The molecule has 1 aliphatic heterocycles. The number of nitriles is 1. The summed E-state index contributed by atoms with van der Waals surface area (Å²) in [6.07, 6.45) is 0. The quantitative estimate of drug-likeness (QED) is 0.819. The van der Waals surface area contributed by atoms with Crippen molar-refractivity contribution in [3.63, 3.8) is 0 Å². The molecular weight excluding hydrogens is 226 g/mol. The van der Waals surface area contributed by atoms with E-state index < -0.39 is 0 Å². The van der Waals surface area contributed by atoms with Gasteiger partial charge >= 0.3 is 0 Å². The Morgan fingerprint density at radius 2 is 2.22 bits per heavy atom. The van der Waals surface area contributed by atoms with Crippen LogP contribution in [0, 0.1) is 11.3 Å². The van der Waals surface area contributed by atoms with E-state index in [9.17, 15) is 10.4 Å². The van der Waals surface area contributed by atoms with Crippen molar-refractivity contribution in [3.8, 4) is 6.07 Å². The molecule has 1 unspecified atom stereocenters. The number of piperazine rings is 1. The van der Waals surface area contributed by atoms with Gasteiger partial charge in [0.15, 0.2) is 0 Å². The zero-order valence-corrected chi connectivity index (χ0v) is 10.8. The van der Waals surface area contributed by atoms with Gasteiger partial charge in [-0.1, -0.05) is 12.1 Å². The molecule has 0 saturated carbocycles.